The number of benzene rings is 1. The van der Waals surface area contributed by atoms with Gasteiger partial charge in [0.1, 0.15) is 0 Å². The number of pyridine rings is 1. The first-order chi connectivity index (χ1) is 9.13. The third kappa shape index (κ3) is 3.12. The Balaban J connectivity index is 2.41. The van der Waals surface area contributed by atoms with Gasteiger partial charge < -0.3 is 9.47 Å². The van der Waals surface area contributed by atoms with Crippen LogP contribution in [0.4, 0.5) is 0 Å². The van der Waals surface area contributed by atoms with Gasteiger partial charge in [-0.3, -0.25) is 4.79 Å². The summed E-state index contributed by atoms with van der Waals surface area (Å²) in [5.41, 5.74) is 1.34. The summed E-state index contributed by atoms with van der Waals surface area (Å²) in [5.74, 6) is 1.43. The van der Waals surface area contributed by atoms with Crippen molar-refractivity contribution in [3.05, 3.63) is 46.1 Å². The van der Waals surface area contributed by atoms with Crippen LogP contribution < -0.4 is 9.47 Å². The van der Waals surface area contributed by atoms with Gasteiger partial charge in [0.15, 0.2) is 17.8 Å². The number of aryl methyl sites for hydroxylation is 1. The van der Waals surface area contributed by atoms with Crippen LogP contribution >= 0.6 is 15.9 Å². The van der Waals surface area contributed by atoms with E-state index in [9.17, 15) is 4.79 Å². The fraction of sp³-hybridized carbons (Fsp3) is 0.143. The molecule has 5 heteroatoms. The molecule has 19 heavy (non-hydrogen) atoms. The molecular weight excluding hydrogens is 310 g/mol. The summed E-state index contributed by atoms with van der Waals surface area (Å²) in [4.78, 5) is 15.2. The minimum atomic E-state index is 0.450. The van der Waals surface area contributed by atoms with Crippen LogP contribution in [0.2, 0.25) is 0 Å². The molecule has 0 bridgehead atoms. The lowest BCUT2D eigenvalue weighted by Gasteiger charge is -2.11. The third-order valence-electron chi connectivity index (χ3n) is 2.49. The molecule has 4 nitrogen and oxygen atoms in total. The Labute approximate surface area is 119 Å². The fourth-order valence-electron chi connectivity index (χ4n) is 1.57. The van der Waals surface area contributed by atoms with Crippen LogP contribution in [0.25, 0.3) is 0 Å². The van der Waals surface area contributed by atoms with Crippen molar-refractivity contribution >= 4 is 22.2 Å². The number of carbonyl (C=O) groups is 1. The molecule has 0 saturated carbocycles. The Morgan fingerprint density at radius 1 is 1.26 bits per heavy atom. The summed E-state index contributed by atoms with van der Waals surface area (Å²) >= 11 is 3.30. The van der Waals surface area contributed by atoms with Crippen LogP contribution in [0.5, 0.6) is 17.4 Å². The SMILES string of the molecule is COc1cc(Br)c(C=O)cc1Oc1cccc(C)n1. The number of aromatic nitrogens is 1. The van der Waals surface area contributed by atoms with Crippen molar-refractivity contribution in [1.82, 2.24) is 4.98 Å². The van der Waals surface area contributed by atoms with Crippen LogP contribution in [0.15, 0.2) is 34.8 Å². The van der Waals surface area contributed by atoms with Crippen molar-refractivity contribution in [2.75, 3.05) is 7.11 Å². The molecule has 2 rings (SSSR count). The van der Waals surface area contributed by atoms with E-state index in [-0.39, 0.29) is 0 Å². The molecule has 0 spiro atoms. The van der Waals surface area contributed by atoms with E-state index >= 15 is 0 Å². The first-order valence-corrected chi connectivity index (χ1v) is 6.37. The molecule has 0 aliphatic rings. The van der Waals surface area contributed by atoms with Crippen LogP contribution in [-0.4, -0.2) is 18.4 Å². The Bertz CT molecular complexity index is 614. The van der Waals surface area contributed by atoms with Gasteiger partial charge in [0, 0.05) is 21.8 Å². The maximum absolute atomic E-state index is 10.9. The molecule has 0 radical (unpaired) electrons. The Hall–Kier alpha value is -1.88. The molecule has 0 atom stereocenters. The zero-order valence-corrected chi connectivity index (χ0v) is 12.1. The zero-order chi connectivity index (χ0) is 13.8. The lowest BCUT2D eigenvalue weighted by Crippen LogP contribution is -1.95. The highest BCUT2D eigenvalue weighted by molar-refractivity contribution is 9.10. The predicted octanol–water partition coefficient (Wildman–Crippen LogP) is 3.77. The number of carbonyl (C=O) groups excluding carboxylic acids is 1. The Kier molecular flexibility index (Phi) is 4.16. The normalized spacial score (nSPS) is 10.1. The van der Waals surface area contributed by atoms with Crippen molar-refractivity contribution in [2.45, 2.75) is 6.92 Å². The summed E-state index contributed by atoms with van der Waals surface area (Å²) in [6.45, 7) is 1.88. The predicted molar refractivity (Wildman–Crippen MR) is 75.1 cm³/mol. The maximum Gasteiger partial charge on any atom is 0.219 e. The molecule has 0 unspecified atom stereocenters. The van der Waals surface area contributed by atoms with Gasteiger partial charge in [-0.2, -0.15) is 0 Å². The summed E-state index contributed by atoms with van der Waals surface area (Å²) in [6.07, 6.45) is 0.750. The first kappa shape index (κ1) is 13.5. The average Bonchev–Trinajstić information content (AvgIpc) is 2.40. The van der Waals surface area contributed by atoms with Gasteiger partial charge in [-0.25, -0.2) is 4.98 Å². The van der Waals surface area contributed by atoms with Crippen LogP contribution in [-0.2, 0) is 0 Å². The minimum absolute atomic E-state index is 0.450. The number of hydrogen-bond acceptors (Lipinski definition) is 4. The largest absolute Gasteiger partial charge is 0.493 e. The van der Waals surface area contributed by atoms with Crippen LogP contribution in [0.1, 0.15) is 16.1 Å². The number of ether oxygens (including phenoxy) is 2. The van der Waals surface area contributed by atoms with Crippen molar-refractivity contribution in [3.63, 3.8) is 0 Å². The van der Waals surface area contributed by atoms with E-state index in [1.807, 2.05) is 19.1 Å². The Morgan fingerprint density at radius 3 is 2.68 bits per heavy atom. The van der Waals surface area contributed by atoms with Gasteiger partial charge in [0.2, 0.25) is 5.88 Å². The van der Waals surface area contributed by atoms with E-state index < -0.39 is 0 Å². The average molecular weight is 322 g/mol. The molecule has 2 aromatic rings. The molecule has 0 fully saturated rings. The number of hydrogen-bond donors (Lipinski definition) is 0. The van der Waals surface area contributed by atoms with Gasteiger partial charge in [-0.15, -0.1) is 0 Å². The van der Waals surface area contributed by atoms with E-state index in [0.717, 1.165) is 12.0 Å². The van der Waals surface area contributed by atoms with Gasteiger partial charge >= 0.3 is 0 Å². The molecule has 0 amide bonds. The number of aldehydes is 1. The van der Waals surface area contributed by atoms with Crippen LogP contribution in [0.3, 0.4) is 0 Å². The summed E-state index contributed by atoms with van der Waals surface area (Å²) in [6, 6.07) is 8.77. The summed E-state index contributed by atoms with van der Waals surface area (Å²) < 4.78 is 11.5. The monoisotopic (exact) mass is 321 g/mol. The van der Waals surface area contributed by atoms with Gasteiger partial charge in [0.05, 0.1) is 7.11 Å². The van der Waals surface area contributed by atoms with E-state index in [4.69, 9.17) is 9.47 Å². The number of halogens is 1. The molecule has 0 aliphatic heterocycles. The van der Waals surface area contributed by atoms with E-state index in [0.29, 0.717) is 27.4 Å². The van der Waals surface area contributed by atoms with Crippen molar-refractivity contribution < 1.29 is 14.3 Å². The highest BCUT2D eigenvalue weighted by Crippen LogP contribution is 2.35. The van der Waals surface area contributed by atoms with Gasteiger partial charge in [-0.1, -0.05) is 6.07 Å². The smallest absolute Gasteiger partial charge is 0.219 e. The van der Waals surface area contributed by atoms with Crippen molar-refractivity contribution in [2.24, 2.45) is 0 Å². The molecule has 1 heterocycles. The molecule has 1 aromatic carbocycles. The summed E-state index contributed by atoms with van der Waals surface area (Å²) in [7, 11) is 1.54. The third-order valence-corrected chi connectivity index (χ3v) is 3.17. The van der Waals surface area contributed by atoms with E-state index in [1.165, 1.54) is 0 Å². The standard InChI is InChI=1S/C14H12BrNO3/c1-9-4-3-5-14(16-9)19-13-6-10(8-17)11(15)7-12(13)18-2/h3-8H,1-2H3. The molecule has 0 aliphatic carbocycles. The second kappa shape index (κ2) is 5.84. The Morgan fingerprint density at radius 2 is 2.05 bits per heavy atom. The number of rotatable bonds is 4. The van der Waals surface area contributed by atoms with Crippen molar-refractivity contribution in [3.8, 4) is 17.4 Å². The topological polar surface area (TPSA) is 48.4 Å². The summed E-state index contributed by atoms with van der Waals surface area (Å²) in [5, 5.41) is 0. The number of nitrogens with zero attached hydrogens (tertiary/aromatic N) is 1. The van der Waals surface area contributed by atoms with E-state index in [1.54, 1.807) is 25.3 Å². The first-order valence-electron chi connectivity index (χ1n) is 5.58. The molecular formula is C14H12BrNO3. The number of methoxy groups -OCH3 is 1. The fourth-order valence-corrected chi connectivity index (χ4v) is 1.98. The zero-order valence-electron chi connectivity index (χ0n) is 10.5. The second-order valence-electron chi connectivity index (χ2n) is 3.86. The van der Waals surface area contributed by atoms with E-state index in [2.05, 4.69) is 20.9 Å². The molecule has 1 aromatic heterocycles. The quantitative estimate of drug-likeness (QED) is 0.804. The lowest BCUT2D eigenvalue weighted by molar-refractivity contribution is 0.112. The van der Waals surface area contributed by atoms with Gasteiger partial charge in [-0.05, 0) is 41.1 Å². The molecule has 0 saturated heterocycles. The minimum Gasteiger partial charge on any atom is -0.493 e. The highest BCUT2D eigenvalue weighted by atomic mass is 79.9. The second-order valence-corrected chi connectivity index (χ2v) is 4.72. The van der Waals surface area contributed by atoms with Crippen LogP contribution in [0, 0.1) is 6.92 Å². The van der Waals surface area contributed by atoms with Crippen molar-refractivity contribution in [1.29, 1.82) is 0 Å². The highest BCUT2D eigenvalue weighted by Gasteiger charge is 2.11. The molecule has 0 N–H and O–H groups in total. The lowest BCUT2D eigenvalue weighted by atomic mass is 10.2. The maximum atomic E-state index is 10.9. The molecule has 98 valence electrons. The van der Waals surface area contributed by atoms with Gasteiger partial charge in [0.25, 0.3) is 0 Å².